The predicted molar refractivity (Wildman–Crippen MR) is 94.7 cm³/mol. The van der Waals surface area contributed by atoms with Gasteiger partial charge in [-0.25, -0.2) is 8.42 Å². The molecule has 1 saturated carbocycles. The topological polar surface area (TPSA) is 87.7 Å². The van der Waals surface area contributed by atoms with Crippen LogP contribution < -0.4 is 0 Å². The summed E-state index contributed by atoms with van der Waals surface area (Å²) in [5, 5.41) is 0. The van der Waals surface area contributed by atoms with Gasteiger partial charge in [-0.1, -0.05) is 6.07 Å². The maximum absolute atomic E-state index is 13.1. The van der Waals surface area contributed by atoms with E-state index in [0.29, 0.717) is 19.5 Å². The van der Waals surface area contributed by atoms with Gasteiger partial charge in [-0.05, 0) is 30.9 Å². The third-order valence-electron chi connectivity index (χ3n) is 5.50. The Bertz CT molecular complexity index is 807. The van der Waals surface area contributed by atoms with Crippen molar-refractivity contribution in [1.29, 1.82) is 0 Å². The van der Waals surface area contributed by atoms with Gasteiger partial charge in [0.2, 0.25) is 11.8 Å². The Balaban J connectivity index is 1.44. The van der Waals surface area contributed by atoms with Gasteiger partial charge in [0.05, 0.1) is 17.4 Å². The molecule has 2 atom stereocenters. The first kappa shape index (κ1) is 17.5. The molecule has 140 valence electrons. The van der Waals surface area contributed by atoms with Gasteiger partial charge in [0.15, 0.2) is 9.84 Å². The molecule has 3 fully saturated rings. The van der Waals surface area contributed by atoms with Crippen LogP contribution in [-0.2, 0) is 26.0 Å². The zero-order valence-corrected chi connectivity index (χ0v) is 15.4. The first-order valence-corrected chi connectivity index (χ1v) is 10.9. The second kappa shape index (κ2) is 6.64. The molecule has 26 heavy (non-hydrogen) atoms. The third kappa shape index (κ3) is 3.60. The Hall–Kier alpha value is -1.96. The van der Waals surface area contributed by atoms with Crippen LogP contribution in [0.5, 0.6) is 0 Å². The number of carbonyl (C=O) groups is 2. The van der Waals surface area contributed by atoms with Crippen LogP contribution in [0.1, 0.15) is 31.2 Å². The summed E-state index contributed by atoms with van der Waals surface area (Å²) < 4.78 is 23.4. The molecule has 2 saturated heterocycles. The second-order valence-electron chi connectivity index (χ2n) is 7.56. The van der Waals surface area contributed by atoms with Crippen molar-refractivity contribution in [3.8, 4) is 0 Å². The largest absolute Gasteiger partial charge is 0.338 e. The van der Waals surface area contributed by atoms with Gasteiger partial charge >= 0.3 is 0 Å². The molecule has 0 spiro atoms. The van der Waals surface area contributed by atoms with Crippen LogP contribution in [0.2, 0.25) is 0 Å². The molecule has 1 aromatic rings. The van der Waals surface area contributed by atoms with Crippen LogP contribution in [0.3, 0.4) is 0 Å². The Morgan fingerprint density at radius 3 is 2.73 bits per heavy atom. The summed E-state index contributed by atoms with van der Waals surface area (Å²) in [4.78, 5) is 33.1. The zero-order valence-electron chi connectivity index (χ0n) is 14.6. The number of sulfone groups is 1. The van der Waals surface area contributed by atoms with Crippen LogP contribution in [0.15, 0.2) is 24.5 Å². The van der Waals surface area contributed by atoms with Gasteiger partial charge < -0.3 is 9.80 Å². The lowest BCUT2D eigenvalue weighted by atomic mass is 10.1. The van der Waals surface area contributed by atoms with Crippen molar-refractivity contribution in [2.75, 3.05) is 18.1 Å². The van der Waals surface area contributed by atoms with E-state index in [1.807, 2.05) is 17.0 Å². The fourth-order valence-corrected chi connectivity index (χ4v) is 5.70. The second-order valence-corrected chi connectivity index (χ2v) is 9.79. The lowest BCUT2D eigenvalue weighted by Gasteiger charge is -2.27. The van der Waals surface area contributed by atoms with Gasteiger partial charge in [-0.15, -0.1) is 0 Å². The molecule has 8 heteroatoms. The molecule has 7 nitrogen and oxygen atoms in total. The van der Waals surface area contributed by atoms with Crippen molar-refractivity contribution >= 4 is 21.7 Å². The summed E-state index contributed by atoms with van der Waals surface area (Å²) in [5.74, 6) is -0.296. The minimum absolute atomic E-state index is 0.00746. The molecule has 0 N–H and O–H groups in total. The monoisotopic (exact) mass is 377 g/mol. The van der Waals surface area contributed by atoms with Crippen LogP contribution in [-0.4, -0.2) is 65.2 Å². The van der Waals surface area contributed by atoms with E-state index in [0.717, 1.165) is 18.4 Å². The van der Waals surface area contributed by atoms with E-state index in [4.69, 9.17) is 0 Å². The molecular formula is C18H23N3O4S. The SMILES string of the molecule is O=C([C@@H]1CC(=O)N([C@@H]2CCS(=O)(=O)C2)C1)N(Cc1cccnc1)C1CC1. The Labute approximate surface area is 153 Å². The fraction of sp³-hybridized carbons (Fsp3) is 0.611. The van der Waals surface area contributed by atoms with Gasteiger partial charge in [0.1, 0.15) is 0 Å². The molecule has 1 aliphatic carbocycles. The summed E-state index contributed by atoms with van der Waals surface area (Å²) >= 11 is 0. The highest BCUT2D eigenvalue weighted by Crippen LogP contribution is 2.33. The van der Waals surface area contributed by atoms with Crippen LogP contribution in [0.25, 0.3) is 0 Å². The number of pyridine rings is 1. The van der Waals surface area contributed by atoms with Crippen molar-refractivity contribution in [1.82, 2.24) is 14.8 Å². The van der Waals surface area contributed by atoms with E-state index in [2.05, 4.69) is 4.98 Å². The highest BCUT2D eigenvalue weighted by atomic mass is 32.2. The average molecular weight is 377 g/mol. The highest BCUT2D eigenvalue weighted by molar-refractivity contribution is 7.91. The van der Waals surface area contributed by atoms with Crippen molar-refractivity contribution < 1.29 is 18.0 Å². The van der Waals surface area contributed by atoms with Crippen LogP contribution >= 0.6 is 0 Å². The minimum Gasteiger partial charge on any atom is -0.338 e. The van der Waals surface area contributed by atoms with Gasteiger partial charge in [-0.2, -0.15) is 0 Å². The van der Waals surface area contributed by atoms with Crippen LogP contribution in [0, 0.1) is 5.92 Å². The lowest BCUT2D eigenvalue weighted by Crippen LogP contribution is -2.41. The van der Waals surface area contributed by atoms with E-state index in [1.54, 1.807) is 17.3 Å². The summed E-state index contributed by atoms with van der Waals surface area (Å²) in [6, 6.07) is 3.79. The van der Waals surface area contributed by atoms with E-state index in [-0.39, 0.29) is 47.7 Å². The van der Waals surface area contributed by atoms with E-state index in [9.17, 15) is 18.0 Å². The molecule has 0 unspecified atom stereocenters. The normalized spacial score (nSPS) is 27.7. The third-order valence-corrected chi connectivity index (χ3v) is 7.25. The van der Waals surface area contributed by atoms with Crippen LogP contribution in [0.4, 0.5) is 0 Å². The fourth-order valence-electron chi connectivity index (χ4n) is 3.97. The quantitative estimate of drug-likeness (QED) is 0.750. The number of amides is 2. The molecule has 0 bridgehead atoms. The predicted octanol–water partition coefficient (Wildman–Crippen LogP) is 0.608. The summed E-state index contributed by atoms with van der Waals surface area (Å²) in [7, 11) is -3.05. The van der Waals surface area contributed by atoms with Gasteiger partial charge in [0.25, 0.3) is 0 Å². The number of aromatic nitrogens is 1. The molecule has 3 aliphatic rings. The number of hydrogen-bond donors (Lipinski definition) is 0. The standard InChI is InChI=1S/C18H23N3O4S/c22-17-8-14(11-20(17)16-5-7-26(24,25)12-16)18(23)21(15-3-4-15)10-13-2-1-6-19-9-13/h1-2,6,9,14-16H,3-5,7-8,10-12H2/t14-,16-/m1/s1. The Kier molecular flexibility index (Phi) is 4.46. The number of rotatable bonds is 5. The van der Waals surface area contributed by atoms with E-state index < -0.39 is 9.84 Å². The smallest absolute Gasteiger partial charge is 0.228 e. The average Bonchev–Trinajstić information content (AvgIpc) is 3.29. The van der Waals surface area contributed by atoms with Crippen molar-refractivity contribution in [3.05, 3.63) is 30.1 Å². The first-order chi connectivity index (χ1) is 12.4. The molecular weight excluding hydrogens is 354 g/mol. The van der Waals surface area contributed by atoms with E-state index >= 15 is 0 Å². The summed E-state index contributed by atoms with van der Waals surface area (Å²) in [5.41, 5.74) is 0.982. The molecule has 0 radical (unpaired) electrons. The molecule has 4 rings (SSSR count). The van der Waals surface area contributed by atoms with Gasteiger partial charge in [0, 0.05) is 44.0 Å². The number of likely N-dealkylation sites (tertiary alicyclic amines) is 1. The Morgan fingerprint density at radius 1 is 1.31 bits per heavy atom. The number of nitrogens with zero attached hydrogens (tertiary/aromatic N) is 3. The molecule has 3 heterocycles. The van der Waals surface area contributed by atoms with Crippen molar-refractivity contribution in [2.45, 2.75) is 44.3 Å². The Morgan fingerprint density at radius 2 is 2.12 bits per heavy atom. The van der Waals surface area contributed by atoms with Crippen molar-refractivity contribution in [3.63, 3.8) is 0 Å². The van der Waals surface area contributed by atoms with Gasteiger partial charge in [-0.3, -0.25) is 14.6 Å². The molecule has 0 aromatic carbocycles. The van der Waals surface area contributed by atoms with E-state index in [1.165, 1.54) is 0 Å². The lowest BCUT2D eigenvalue weighted by molar-refractivity contribution is -0.137. The minimum atomic E-state index is -3.05. The summed E-state index contributed by atoms with van der Waals surface area (Å²) in [6.07, 6.45) is 6.13. The maximum atomic E-state index is 13.1. The van der Waals surface area contributed by atoms with Crippen molar-refractivity contribution in [2.24, 2.45) is 5.92 Å². The molecule has 2 amide bonds. The zero-order chi connectivity index (χ0) is 18.3. The highest BCUT2D eigenvalue weighted by Gasteiger charge is 2.44. The maximum Gasteiger partial charge on any atom is 0.228 e. The molecule has 1 aromatic heterocycles. The summed E-state index contributed by atoms with van der Waals surface area (Å²) in [6.45, 7) is 0.855. The number of hydrogen-bond acceptors (Lipinski definition) is 5. The first-order valence-electron chi connectivity index (χ1n) is 9.12. The number of carbonyl (C=O) groups excluding carboxylic acids is 2. The molecule has 2 aliphatic heterocycles.